The summed E-state index contributed by atoms with van der Waals surface area (Å²) < 4.78 is 0. The van der Waals surface area contributed by atoms with Crippen molar-refractivity contribution >= 4 is 17.3 Å². The molecular weight excluding hydrogens is 250 g/mol. The van der Waals surface area contributed by atoms with E-state index in [0.717, 1.165) is 31.8 Å². The minimum atomic E-state index is 0.0342. The topological polar surface area (TPSA) is 72.3 Å². The van der Waals surface area contributed by atoms with Crippen molar-refractivity contribution in [2.45, 2.75) is 33.1 Å². The Balaban J connectivity index is 2.09. The summed E-state index contributed by atoms with van der Waals surface area (Å²) in [6.07, 6.45) is 3.36. The van der Waals surface area contributed by atoms with Crippen molar-refractivity contribution in [3.8, 4) is 0 Å². The maximum Gasteiger partial charge on any atom is 0.255 e. The van der Waals surface area contributed by atoms with Gasteiger partial charge in [-0.15, -0.1) is 0 Å². The van der Waals surface area contributed by atoms with Crippen LogP contribution in [0, 0.1) is 11.8 Å². The molecule has 0 spiro atoms. The van der Waals surface area contributed by atoms with Crippen LogP contribution < -0.4 is 11.5 Å². The number of rotatable bonds is 2. The molecule has 1 amide bonds. The summed E-state index contributed by atoms with van der Waals surface area (Å²) in [5.41, 5.74) is 13.2. The van der Waals surface area contributed by atoms with Crippen LogP contribution in [0.15, 0.2) is 18.2 Å². The Morgan fingerprint density at radius 3 is 2.65 bits per heavy atom. The van der Waals surface area contributed by atoms with Crippen LogP contribution in [-0.2, 0) is 0 Å². The Morgan fingerprint density at radius 1 is 1.25 bits per heavy atom. The lowest BCUT2D eigenvalue weighted by Crippen LogP contribution is -2.32. The van der Waals surface area contributed by atoms with Crippen LogP contribution in [0.4, 0.5) is 11.4 Å². The molecule has 1 heterocycles. The maximum atomic E-state index is 12.6. The smallest absolute Gasteiger partial charge is 0.255 e. The summed E-state index contributed by atoms with van der Waals surface area (Å²) in [4.78, 5) is 14.5. The maximum absolute atomic E-state index is 12.6. The van der Waals surface area contributed by atoms with Crippen LogP contribution in [0.3, 0.4) is 0 Å². The van der Waals surface area contributed by atoms with Gasteiger partial charge in [-0.2, -0.15) is 0 Å². The molecule has 0 bridgehead atoms. The van der Waals surface area contributed by atoms with Crippen LogP contribution >= 0.6 is 0 Å². The zero-order valence-electron chi connectivity index (χ0n) is 12.4. The molecule has 4 nitrogen and oxygen atoms in total. The Labute approximate surface area is 121 Å². The Hall–Kier alpha value is -1.71. The van der Waals surface area contributed by atoms with Crippen molar-refractivity contribution < 1.29 is 4.79 Å². The molecule has 1 atom stereocenters. The highest BCUT2D eigenvalue weighted by Crippen LogP contribution is 2.26. The number of nitrogen functional groups attached to an aromatic ring is 2. The highest BCUT2D eigenvalue weighted by molar-refractivity contribution is 5.99. The SMILES string of the molecule is CC(C)C1CCCN(C(=O)c2ccc(N)cc2N)CC1. The zero-order valence-corrected chi connectivity index (χ0v) is 12.4. The molecule has 1 aromatic rings. The van der Waals surface area contributed by atoms with E-state index < -0.39 is 0 Å². The van der Waals surface area contributed by atoms with E-state index >= 15 is 0 Å². The fourth-order valence-corrected chi connectivity index (χ4v) is 2.94. The van der Waals surface area contributed by atoms with E-state index in [2.05, 4.69) is 13.8 Å². The third-order valence-electron chi connectivity index (χ3n) is 4.31. The van der Waals surface area contributed by atoms with Crippen LogP contribution in [0.5, 0.6) is 0 Å². The monoisotopic (exact) mass is 275 g/mol. The van der Waals surface area contributed by atoms with Gasteiger partial charge in [0.1, 0.15) is 0 Å². The van der Waals surface area contributed by atoms with Gasteiger partial charge in [-0.05, 0) is 49.3 Å². The molecule has 1 aliphatic heterocycles. The van der Waals surface area contributed by atoms with E-state index in [0.29, 0.717) is 22.9 Å². The molecule has 1 aliphatic rings. The predicted octanol–water partition coefficient (Wildman–Crippen LogP) is 2.75. The first-order valence-corrected chi connectivity index (χ1v) is 7.43. The normalized spacial score (nSPS) is 19.9. The highest BCUT2D eigenvalue weighted by atomic mass is 16.2. The quantitative estimate of drug-likeness (QED) is 0.815. The van der Waals surface area contributed by atoms with Gasteiger partial charge in [0.05, 0.1) is 5.56 Å². The van der Waals surface area contributed by atoms with Gasteiger partial charge in [-0.25, -0.2) is 0 Å². The van der Waals surface area contributed by atoms with Crippen molar-refractivity contribution in [2.24, 2.45) is 11.8 Å². The van der Waals surface area contributed by atoms with Crippen molar-refractivity contribution in [3.05, 3.63) is 23.8 Å². The number of carbonyl (C=O) groups excluding carboxylic acids is 1. The molecule has 0 aliphatic carbocycles. The summed E-state index contributed by atoms with van der Waals surface area (Å²) >= 11 is 0. The Morgan fingerprint density at radius 2 is 2.00 bits per heavy atom. The molecule has 1 saturated heterocycles. The molecule has 4 heteroatoms. The average molecular weight is 275 g/mol. The first kappa shape index (κ1) is 14.7. The van der Waals surface area contributed by atoms with E-state index in [1.165, 1.54) is 6.42 Å². The number of hydrogen-bond donors (Lipinski definition) is 2. The second-order valence-electron chi connectivity index (χ2n) is 6.07. The lowest BCUT2D eigenvalue weighted by atomic mass is 9.89. The molecule has 1 aromatic carbocycles. The van der Waals surface area contributed by atoms with Gasteiger partial charge in [-0.1, -0.05) is 13.8 Å². The Kier molecular flexibility index (Phi) is 4.53. The van der Waals surface area contributed by atoms with Crippen LogP contribution in [0.25, 0.3) is 0 Å². The lowest BCUT2D eigenvalue weighted by molar-refractivity contribution is 0.0760. The number of nitrogens with zero attached hydrogens (tertiary/aromatic N) is 1. The first-order valence-electron chi connectivity index (χ1n) is 7.43. The largest absolute Gasteiger partial charge is 0.399 e. The van der Waals surface area contributed by atoms with Gasteiger partial charge in [0.2, 0.25) is 0 Å². The number of hydrogen-bond acceptors (Lipinski definition) is 3. The van der Waals surface area contributed by atoms with Crippen LogP contribution in [0.2, 0.25) is 0 Å². The summed E-state index contributed by atoms with van der Waals surface area (Å²) in [6, 6.07) is 5.12. The molecule has 4 N–H and O–H groups in total. The van der Waals surface area contributed by atoms with Gasteiger partial charge >= 0.3 is 0 Å². The third-order valence-corrected chi connectivity index (χ3v) is 4.31. The summed E-state index contributed by atoms with van der Waals surface area (Å²) in [5, 5.41) is 0. The number of likely N-dealkylation sites (tertiary alicyclic amines) is 1. The molecule has 20 heavy (non-hydrogen) atoms. The van der Waals surface area contributed by atoms with Gasteiger partial charge in [0.15, 0.2) is 0 Å². The predicted molar refractivity (Wildman–Crippen MR) is 83.3 cm³/mol. The van der Waals surface area contributed by atoms with E-state index in [-0.39, 0.29) is 5.91 Å². The number of anilines is 2. The van der Waals surface area contributed by atoms with E-state index in [1.807, 2.05) is 4.90 Å². The Bertz CT molecular complexity index is 485. The highest BCUT2D eigenvalue weighted by Gasteiger charge is 2.24. The lowest BCUT2D eigenvalue weighted by Gasteiger charge is -2.22. The molecule has 2 rings (SSSR count). The van der Waals surface area contributed by atoms with Gasteiger partial charge in [-0.3, -0.25) is 4.79 Å². The number of amides is 1. The van der Waals surface area contributed by atoms with Crippen molar-refractivity contribution in [2.75, 3.05) is 24.6 Å². The van der Waals surface area contributed by atoms with Crippen LogP contribution in [-0.4, -0.2) is 23.9 Å². The standard InChI is InChI=1S/C16H25N3O/c1-11(2)12-4-3-8-19(9-7-12)16(20)14-6-5-13(17)10-15(14)18/h5-6,10-12H,3-4,7-9,17-18H2,1-2H3. The zero-order chi connectivity index (χ0) is 14.7. The molecular formula is C16H25N3O. The van der Waals surface area contributed by atoms with E-state index in [1.54, 1.807) is 18.2 Å². The van der Waals surface area contributed by atoms with Gasteiger partial charge in [0.25, 0.3) is 5.91 Å². The summed E-state index contributed by atoms with van der Waals surface area (Å²) in [7, 11) is 0. The fraction of sp³-hybridized carbons (Fsp3) is 0.562. The summed E-state index contributed by atoms with van der Waals surface area (Å²) in [6.45, 7) is 6.18. The molecule has 0 radical (unpaired) electrons. The molecule has 110 valence electrons. The second kappa shape index (κ2) is 6.16. The fourth-order valence-electron chi connectivity index (χ4n) is 2.94. The molecule has 0 saturated carbocycles. The van der Waals surface area contributed by atoms with Gasteiger partial charge < -0.3 is 16.4 Å². The van der Waals surface area contributed by atoms with Crippen molar-refractivity contribution in [3.63, 3.8) is 0 Å². The molecule has 0 aromatic heterocycles. The number of nitrogens with two attached hydrogens (primary N) is 2. The summed E-state index contributed by atoms with van der Waals surface area (Å²) in [5.74, 6) is 1.44. The number of benzene rings is 1. The number of carbonyl (C=O) groups is 1. The molecule has 1 unspecified atom stereocenters. The van der Waals surface area contributed by atoms with E-state index in [9.17, 15) is 4.79 Å². The minimum absolute atomic E-state index is 0.0342. The van der Waals surface area contributed by atoms with Gasteiger partial charge in [0, 0.05) is 24.5 Å². The minimum Gasteiger partial charge on any atom is -0.399 e. The molecule has 1 fully saturated rings. The van der Waals surface area contributed by atoms with Crippen molar-refractivity contribution in [1.82, 2.24) is 4.90 Å². The van der Waals surface area contributed by atoms with Crippen molar-refractivity contribution in [1.29, 1.82) is 0 Å². The first-order chi connectivity index (χ1) is 9.49. The third kappa shape index (κ3) is 3.24. The second-order valence-corrected chi connectivity index (χ2v) is 6.07. The average Bonchev–Trinajstić information content (AvgIpc) is 2.63. The van der Waals surface area contributed by atoms with Crippen LogP contribution in [0.1, 0.15) is 43.5 Å². The van der Waals surface area contributed by atoms with E-state index in [4.69, 9.17) is 11.5 Å².